The van der Waals surface area contributed by atoms with Gasteiger partial charge in [-0.25, -0.2) is 8.42 Å². The fraction of sp³-hybridized carbons (Fsp3) is 0.611. The number of piperazine rings is 1. The van der Waals surface area contributed by atoms with E-state index in [0.29, 0.717) is 37.7 Å². The minimum Gasteiger partial charge on any atom is -0.378 e. The van der Waals surface area contributed by atoms with Crippen molar-refractivity contribution in [1.29, 1.82) is 0 Å². The van der Waals surface area contributed by atoms with Gasteiger partial charge in [0.15, 0.2) is 0 Å². The van der Waals surface area contributed by atoms with Gasteiger partial charge in [-0.1, -0.05) is 17.7 Å². The molecular formula is C18H25ClN2O5S. The van der Waals surface area contributed by atoms with Gasteiger partial charge >= 0.3 is 0 Å². The first-order valence-electron chi connectivity index (χ1n) is 9.19. The second-order valence-corrected chi connectivity index (χ2v) is 9.08. The molecule has 2 heterocycles. The molecule has 150 valence electrons. The molecule has 3 rings (SSSR count). The third-order valence-corrected chi connectivity index (χ3v) is 6.94. The van der Waals surface area contributed by atoms with Gasteiger partial charge in [0.2, 0.25) is 15.9 Å². The van der Waals surface area contributed by atoms with Crippen molar-refractivity contribution in [3.05, 3.63) is 29.3 Å². The number of amides is 1. The number of sulfonamides is 1. The van der Waals surface area contributed by atoms with Crippen LogP contribution in [0.1, 0.15) is 19.3 Å². The molecule has 2 aliphatic rings. The van der Waals surface area contributed by atoms with Crippen molar-refractivity contribution in [3.63, 3.8) is 0 Å². The summed E-state index contributed by atoms with van der Waals surface area (Å²) in [6.07, 6.45) is 2.53. The number of benzene rings is 1. The summed E-state index contributed by atoms with van der Waals surface area (Å²) in [7, 11) is -3.59. The maximum atomic E-state index is 12.7. The highest BCUT2D eigenvalue weighted by Gasteiger charge is 2.30. The van der Waals surface area contributed by atoms with E-state index in [1.54, 1.807) is 17.0 Å². The molecule has 1 atom stereocenters. The number of rotatable bonds is 7. The van der Waals surface area contributed by atoms with Crippen LogP contribution in [0, 0.1) is 0 Å². The number of carbonyl (C=O) groups is 1. The van der Waals surface area contributed by atoms with Crippen LogP contribution in [-0.2, 0) is 24.3 Å². The fourth-order valence-corrected chi connectivity index (χ4v) is 4.99. The van der Waals surface area contributed by atoms with Crippen molar-refractivity contribution in [3.8, 4) is 0 Å². The molecule has 2 saturated heterocycles. The summed E-state index contributed by atoms with van der Waals surface area (Å²) in [6, 6.07) is 6.23. The van der Waals surface area contributed by atoms with E-state index in [0.717, 1.165) is 19.4 Å². The van der Waals surface area contributed by atoms with Crippen LogP contribution < -0.4 is 0 Å². The summed E-state index contributed by atoms with van der Waals surface area (Å²) in [5, 5.41) is 0.382. The molecule has 2 aliphatic heterocycles. The van der Waals surface area contributed by atoms with Crippen LogP contribution in [0.3, 0.4) is 0 Å². The Balaban J connectivity index is 1.43. The lowest BCUT2D eigenvalue weighted by Crippen LogP contribution is -2.50. The lowest BCUT2D eigenvalue weighted by molar-refractivity contribution is -0.133. The number of hydrogen-bond acceptors (Lipinski definition) is 5. The quantitative estimate of drug-likeness (QED) is 0.633. The van der Waals surface area contributed by atoms with Crippen molar-refractivity contribution < 1.29 is 22.7 Å². The van der Waals surface area contributed by atoms with Gasteiger partial charge in [-0.15, -0.1) is 0 Å². The zero-order chi connectivity index (χ0) is 19.3. The van der Waals surface area contributed by atoms with Crippen LogP contribution in [0.5, 0.6) is 0 Å². The van der Waals surface area contributed by atoms with Crippen molar-refractivity contribution in [1.82, 2.24) is 9.21 Å². The summed E-state index contributed by atoms with van der Waals surface area (Å²) < 4.78 is 37.8. The maximum Gasteiger partial charge on any atom is 0.243 e. The van der Waals surface area contributed by atoms with Gasteiger partial charge in [-0.05, 0) is 31.0 Å². The first kappa shape index (κ1) is 20.5. The summed E-state index contributed by atoms with van der Waals surface area (Å²) >= 11 is 5.90. The largest absolute Gasteiger partial charge is 0.378 e. The topological polar surface area (TPSA) is 76.2 Å². The Morgan fingerprint density at radius 3 is 2.70 bits per heavy atom. The maximum absolute atomic E-state index is 12.7. The monoisotopic (exact) mass is 416 g/mol. The van der Waals surface area contributed by atoms with E-state index >= 15 is 0 Å². The van der Waals surface area contributed by atoms with Crippen LogP contribution in [-0.4, -0.2) is 75.6 Å². The first-order valence-corrected chi connectivity index (χ1v) is 11.0. The van der Waals surface area contributed by atoms with Gasteiger partial charge in [-0.2, -0.15) is 4.31 Å². The number of nitrogens with zero attached hydrogens (tertiary/aromatic N) is 2. The van der Waals surface area contributed by atoms with E-state index in [2.05, 4.69) is 0 Å². The minimum atomic E-state index is -3.59. The van der Waals surface area contributed by atoms with E-state index < -0.39 is 10.0 Å². The van der Waals surface area contributed by atoms with Crippen molar-refractivity contribution in [2.45, 2.75) is 30.3 Å². The SMILES string of the molecule is O=C(CCOCC1CCCO1)N1CCN(S(=O)(=O)c2cccc(Cl)c2)CC1. The molecule has 1 aromatic rings. The minimum absolute atomic E-state index is 0.0119. The third-order valence-electron chi connectivity index (χ3n) is 4.81. The Bertz CT molecular complexity index is 744. The molecule has 2 fully saturated rings. The fourth-order valence-electron chi connectivity index (χ4n) is 3.26. The van der Waals surface area contributed by atoms with E-state index in [9.17, 15) is 13.2 Å². The first-order chi connectivity index (χ1) is 13.0. The molecule has 7 nitrogen and oxygen atoms in total. The summed E-state index contributed by atoms with van der Waals surface area (Å²) in [4.78, 5) is 14.2. The Labute approximate surface area is 165 Å². The standard InChI is InChI=1S/C18H25ClN2O5S/c19-15-3-1-5-17(13-15)27(23,24)21-9-7-20(8-10-21)18(22)6-12-25-14-16-4-2-11-26-16/h1,3,5,13,16H,2,4,6-12,14H2. The Morgan fingerprint density at radius 1 is 1.26 bits per heavy atom. The zero-order valence-corrected chi connectivity index (χ0v) is 16.8. The molecule has 0 N–H and O–H groups in total. The molecule has 0 aromatic heterocycles. The van der Waals surface area contributed by atoms with Gasteiger partial charge in [0.1, 0.15) is 0 Å². The van der Waals surface area contributed by atoms with Crippen molar-refractivity contribution in [2.24, 2.45) is 0 Å². The number of carbonyl (C=O) groups excluding carboxylic acids is 1. The average Bonchev–Trinajstić information content (AvgIpc) is 3.19. The normalized spacial score (nSPS) is 21.5. The number of hydrogen-bond donors (Lipinski definition) is 0. The molecule has 0 saturated carbocycles. The Hall–Kier alpha value is -1.19. The molecule has 0 radical (unpaired) electrons. The second-order valence-electron chi connectivity index (χ2n) is 6.70. The lowest BCUT2D eigenvalue weighted by atomic mass is 10.2. The van der Waals surface area contributed by atoms with Gasteiger partial charge in [0.05, 0.1) is 30.6 Å². The Kier molecular flexibility index (Phi) is 7.10. The summed E-state index contributed by atoms with van der Waals surface area (Å²) in [5.74, 6) is -0.0119. The highest BCUT2D eigenvalue weighted by atomic mass is 35.5. The predicted octanol–water partition coefficient (Wildman–Crippen LogP) is 1.76. The van der Waals surface area contributed by atoms with Gasteiger partial charge in [0.25, 0.3) is 0 Å². The van der Waals surface area contributed by atoms with E-state index in [-0.39, 0.29) is 30.0 Å². The van der Waals surface area contributed by atoms with Gasteiger partial charge in [-0.3, -0.25) is 4.79 Å². The van der Waals surface area contributed by atoms with Crippen molar-refractivity contribution >= 4 is 27.5 Å². The molecule has 9 heteroatoms. The highest BCUT2D eigenvalue weighted by Crippen LogP contribution is 2.21. The molecule has 1 amide bonds. The molecular weight excluding hydrogens is 392 g/mol. The molecule has 0 bridgehead atoms. The molecule has 0 spiro atoms. The highest BCUT2D eigenvalue weighted by molar-refractivity contribution is 7.89. The van der Waals surface area contributed by atoms with Crippen LogP contribution >= 0.6 is 11.6 Å². The van der Waals surface area contributed by atoms with Crippen LogP contribution in [0.4, 0.5) is 0 Å². The Morgan fingerprint density at radius 2 is 2.04 bits per heavy atom. The smallest absolute Gasteiger partial charge is 0.243 e. The van der Waals surface area contributed by atoms with Gasteiger partial charge < -0.3 is 14.4 Å². The van der Waals surface area contributed by atoms with Crippen LogP contribution in [0.25, 0.3) is 0 Å². The lowest BCUT2D eigenvalue weighted by Gasteiger charge is -2.34. The van der Waals surface area contributed by atoms with Gasteiger partial charge in [0, 0.05) is 37.8 Å². The summed E-state index contributed by atoms with van der Waals surface area (Å²) in [5.41, 5.74) is 0. The number of ether oxygens (including phenoxy) is 2. The third kappa shape index (κ3) is 5.42. The van der Waals surface area contributed by atoms with E-state index in [4.69, 9.17) is 21.1 Å². The zero-order valence-electron chi connectivity index (χ0n) is 15.2. The van der Waals surface area contributed by atoms with Crippen LogP contribution in [0.15, 0.2) is 29.2 Å². The molecule has 1 aromatic carbocycles. The molecule has 27 heavy (non-hydrogen) atoms. The predicted molar refractivity (Wildman–Crippen MR) is 101 cm³/mol. The van der Waals surface area contributed by atoms with Crippen molar-refractivity contribution in [2.75, 3.05) is 46.0 Å². The molecule has 0 aliphatic carbocycles. The second kappa shape index (κ2) is 9.34. The van der Waals surface area contributed by atoms with E-state index in [1.165, 1.54) is 16.4 Å². The number of halogens is 1. The van der Waals surface area contributed by atoms with Crippen LogP contribution in [0.2, 0.25) is 5.02 Å². The molecule has 1 unspecified atom stereocenters. The van der Waals surface area contributed by atoms with E-state index in [1.807, 2.05) is 0 Å². The summed E-state index contributed by atoms with van der Waals surface area (Å²) in [6.45, 7) is 2.98. The average molecular weight is 417 g/mol.